The molecule has 2 N–H and O–H groups in total. The van der Waals surface area contributed by atoms with Gasteiger partial charge in [0.1, 0.15) is 6.04 Å². The zero-order valence-electron chi connectivity index (χ0n) is 12.1. The second-order valence-corrected chi connectivity index (χ2v) is 4.87. The minimum absolute atomic E-state index is 0.242. The van der Waals surface area contributed by atoms with E-state index in [1.807, 2.05) is 37.3 Å². The van der Waals surface area contributed by atoms with Crippen molar-refractivity contribution >= 4 is 17.5 Å². The van der Waals surface area contributed by atoms with Gasteiger partial charge in [0.15, 0.2) is 0 Å². The van der Waals surface area contributed by atoms with Crippen molar-refractivity contribution in [3.8, 4) is 0 Å². The molecule has 2 amide bonds. The maximum atomic E-state index is 12.1. The smallest absolute Gasteiger partial charge is 0.251 e. The number of rotatable bonds is 4. The molecule has 0 aliphatic heterocycles. The maximum absolute atomic E-state index is 12.1. The normalized spacial score (nSPS) is 11.5. The molecule has 0 heterocycles. The van der Waals surface area contributed by atoms with Gasteiger partial charge in [0, 0.05) is 11.3 Å². The predicted molar refractivity (Wildman–Crippen MR) is 83.2 cm³/mol. The van der Waals surface area contributed by atoms with Crippen molar-refractivity contribution in [2.24, 2.45) is 0 Å². The van der Waals surface area contributed by atoms with Crippen LogP contribution in [0.1, 0.15) is 22.8 Å². The lowest BCUT2D eigenvalue weighted by Crippen LogP contribution is -2.41. The molecule has 0 aromatic heterocycles. The van der Waals surface area contributed by atoms with Crippen molar-refractivity contribution in [1.82, 2.24) is 5.32 Å². The van der Waals surface area contributed by atoms with Crippen molar-refractivity contribution in [3.05, 3.63) is 65.7 Å². The number of amides is 2. The molecule has 21 heavy (non-hydrogen) atoms. The number of nitrogens with one attached hydrogen (secondary N) is 2. The fourth-order valence-electron chi connectivity index (χ4n) is 1.89. The summed E-state index contributed by atoms with van der Waals surface area (Å²) < 4.78 is 0. The van der Waals surface area contributed by atoms with Gasteiger partial charge in [0.25, 0.3) is 5.91 Å². The summed E-state index contributed by atoms with van der Waals surface area (Å²) in [5, 5.41) is 5.50. The Labute approximate surface area is 124 Å². The van der Waals surface area contributed by atoms with Crippen LogP contribution in [0.4, 0.5) is 5.69 Å². The highest BCUT2D eigenvalue weighted by atomic mass is 16.2. The van der Waals surface area contributed by atoms with Crippen molar-refractivity contribution in [1.29, 1.82) is 0 Å². The summed E-state index contributed by atoms with van der Waals surface area (Å²) in [4.78, 5) is 24.1. The Morgan fingerprint density at radius 1 is 0.952 bits per heavy atom. The maximum Gasteiger partial charge on any atom is 0.251 e. The van der Waals surface area contributed by atoms with Gasteiger partial charge in [0.05, 0.1) is 0 Å². The number of carbonyl (C=O) groups excluding carboxylic acids is 2. The van der Waals surface area contributed by atoms with Gasteiger partial charge in [-0.05, 0) is 37.6 Å². The van der Waals surface area contributed by atoms with E-state index in [9.17, 15) is 9.59 Å². The average molecular weight is 282 g/mol. The van der Waals surface area contributed by atoms with Crippen LogP contribution in [-0.2, 0) is 4.79 Å². The molecule has 108 valence electrons. The summed E-state index contributed by atoms with van der Waals surface area (Å²) in [7, 11) is 0. The third-order valence-corrected chi connectivity index (χ3v) is 3.18. The van der Waals surface area contributed by atoms with Crippen LogP contribution in [0.5, 0.6) is 0 Å². The van der Waals surface area contributed by atoms with Crippen LogP contribution in [0.3, 0.4) is 0 Å². The summed E-state index contributed by atoms with van der Waals surface area (Å²) in [5.74, 6) is -0.503. The molecule has 1 atom stereocenters. The monoisotopic (exact) mass is 282 g/mol. The number of benzene rings is 2. The summed E-state index contributed by atoms with van der Waals surface area (Å²) >= 11 is 0. The molecular weight excluding hydrogens is 264 g/mol. The molecule has 0 radical (unpaired) electrons. The first-order chi connectivity index (χ1) is 10.1. The number of anilines is 1. The van der Waals surface area contributed by atoms with Crippen molar-refractivity contribution in [2.75, 3.05) is 5.32 Å². The molecule has 0 saturated carbocycles. The van der Waals surface area contributed by atoms with Crippen LogP contribution in [0, 0.1) is 6.92 Å². The van der Waals surface area contributed by atoms with E-state index in [1.165, 1.54) is 0 Å². The van der Waals surface area contributed by atoms with Crippen LogP contribution in [0.15, 0.2) is 54.6 Å². The Kier molecular flexibility index (Phi) is 4.72. The SMILES string of the molecule is Cc1ccccc1NC(=O)C(C)NC(=O)c1ccccc1. The van der Waals surface area contributed by atoms with Crippen LogP contribution < -0.4 is 10.6 Å². The molecule has 2 aromatic rings. The minimum Gasteiger partial charge on any atom is -0.341 e. The van der Waals surface area contributed by atoms with E-state index in [-0.39, 0.29) is 11.8 Å². The molecule has 2 rings (SSSR count). The first-order valence-corrected chi connectivity index (χ1v) is 6.80. The summed E-state index contributed by atoms with van der Waals surface area (Å²) in [6.45, 7) is 3.58. The van der Waals surface area contributed by atoms with Gasteiger partial charge < -0.3 is 10.6 Å². The van der Waals surface area contributed by atoms with E-state index in [0.29, 0.717) is 5.56 Å². The molecule has 0 fully saturated rings. The van der Waals surface area contributed by atoms with Gasteiger partial charge in [-0.1, -0.05) is 36.4 Å². The molecule has 0 aliphatic carbocycles. The summed E-state index contributed by atoms with van der Waals surface area (Å²) in [6, 6.07) is 15.7. The third kappa shape index (κ3) is 3.92. The Morgan fingerprint density at radius 3 is 2.24 bits per heavy atom. The van der Waals surface area contributed by atoms with Crippen molar-refractivity contribution in [3.63, 3.8) is 0 Å². The molecule has 0 bridgehead atoms. The highest BCUT2D eigenvalue weighted by molar-refractivity contribution is 6.01. The number of carbonyl (C=O) groups is 2. The van der Waals surface area contributed by atoms with E-state index >= 15 is 0 Å². The van der Waals surface area contributed by atoms with Crippen LogP contribution >= 0.6 is 0 Å². The Morgan fingerprint density at radius 2 is 1.57 bits per heavy atom. The first kappa shape index (κ1) is 14.8. The van der Waals surface area contributed by atoms with E-state index in [2.05, 4.69) is 10.6 Å². The number of aryl methyl sites for hydroxylation is 1. The molecule has 2 aromatic carbocycles. The molecule has 4 nitrogen and oxygen atoms in total. The molecule has 0 spiro atoms. The molecular formula is C17H18N2O2. The molecule has 0 aliphatic rings. The summed E-state index contributed by atoms with van der Waals surface area (Å²) in [6.07, 6.45) is 0. The lowest BCUT2D eigenvalue weighted by molar-refractivity contribution is -0.117. The second kappa shape index (κ2) is 6.70. The Bertz CT molecular complexity index is 638. The fourth-order valence-corrected chi connectivity index (χ4v) is 1.89. The fraction of sp³-hybridized carbons (Fsp3) is 0.176. The molecule has 1 unspecified atom stereocenters. The standard InChI is InChI=1S/C17H18N2O2/c1-12-8-6-7-11-15(12)19-16(20)13(2)18-17(21)14-9-4-3-5-10-14/h3-11,13H,1-2H3,(H,18,21)(H,19,20). The zero-order valence-corrected chi connectivity index (χ0v) is 12.1. The molecule has 0 saturated heterocycles. The van der Waals surface area contributed by atoms with E-state index in [1.54, 1.807) is 31.2 Å². The Balaban J connectivity index is 1.97. The van der Waals surface area contributed by atoms with Crippen molar-refractivity contribution in [2.45, 2.75) is 19.9 Å². The van der Waals surface area contributed by atoms with Gasteiger partial charge in [-0.3, -0.25) is 9.59 Å². The highest BCUT2D eigenvalue weighted by Crippen LogP contribution is 2.13. The quantitative estimate of drug-likeness (QED) is 0.906. The van der Waals surface area contributed by atoms with Crippen LogP contribution in [-0.4, -0.2) is 17.9 Å². The van der Waals surface area contributed by atoms with E-state index < -0.39 is 6.04 Å². The predicted octanol–water partition coefficient (Wildman–Crippen LogP) is 2.75. The van der Waals surface area contributed by atoms with Gasteiger partial charge in [-0.2, -0.15) is 0 Å². The first-order valence-electron chi connectivity index (χ1n) is 6.80. The van der Waals surface area contributed by atoms with Crippen molar-refractivity contribution < 1.29 is 9.59 Å². The number of hydrogen-bond acceptors (Lipinski definition) is 2. The van der Waals surface area contributed by atoms with Gasteiger partial charge in [-0.15, -0.1) is 0 Å². The second-order valence-electron chi connectivity index (χ2n) is 4.87. The summed E-state index contributed by atoms with van der Waals surface area (Å²) in [5.41, 5.74) is 2.27. The highest BCUT2D eigenvalue weighted by Gasteiger charge is 2.16. The average Bonchev–Trinajstić information content (AvgIpc) is 2.50. The van der Waals surface area contributed by atoms with Gasteiger partial charge in [0.2, 0.25) is 5.91 Å². The molecule has 4 heteroatoms. The minimum atomic E-state index is -0.614. The Hall–Kier alpha value is -2.62. The van der Waals surface area contributed by atoms with Crippen LogP contribution in [0.25, 0.3) is 0 Å². The third-order valence-electron chi connectivity index (χ3n) is 3.18. The largest absolute Gasteiger partial charge is 0.341 e. The number of hydrogen-bond donors (Lipinski definition) is 2. The lowest BCUT2D eigenvalue weighted by atomic mass is 10.2. The number of para-hydroxylation sites is 1. The topological polar surface area (TPSA) is 58.2 Å². The van der Waals surface area contributed by atoms with Gasteiger partial charge in [-0.25, -0.2) is 0 Å². The van der Waals surface area contributed by atoms with Gasteiger partial charge >= 0.3 is 0 Å². The van der Waals surface area contributed by atoms with Crippen LogP contribution in [0.2, 0.25) is 0 Å². The lowest BCUT2D eigenvalue weighted by Gasteiger charge is -2.15. The van der Waals surface area contributed by atoms with E-state index in [0.717, 1.165) is 11.3 Å². The zero-order chi connectivity index (χ0) is 15.2. The van der Waals surface area contributed by atoms with E-state index in [4.69, 9.17) is 0 Å².